The van der Waals surface area contributed by atoms with Gasteiger partial charge in [0.2, 0.25) is 0 Å². The number of thioether (sulfide) groups is 1. The topological polar surface area (TPSA) is 91.7 Å². The van der Waals surface area contributed by atoms with E-state index in [2.05, 4.69) is 15.2 Å². The molecule has 0 bridgehead atoms. The van der Waals surface area contributed by atoms with Crippen LogP contribution in [0.3, 0.4) is 0 Å². The maximum Gasteiger partial charge on any atom is 0.343 e. The van der Waals surface area contributed by atoms with Crippen molar-refractivity contribution in [2.24, 2.45) is 0 Å². The van der Waals surface area contributed by atoms with E-state index in [1.165, 1.54) is 22.5 Å². The van der Waals surface area contributed by atoms with Crippen molar-refractivity contribution in [3.63, 3.8) is 0 Å². The number of rotatable bonds is 7. The lowest BCUT2D eigenvalue weighted by Crippen LogP contribution is -2.11. The molecule has 0 amide bonds. The molecular formula is C20H17ClN6O2S. The van der Waals surface area contributed by atoms with Gasteiger partial charge in [-0.25, -0.2) is 9.55 Å². The maximum absolute atomic E-state index is 11.4. The van der Waals surface area contributed by atoms with Gasteiger partial charge in [-0.05, 0) is 28.7 Å². The highest BCUT2D eigenvalue weighted by Gasteiger charge is 2.23. The number of para-hydroxylation sites is 1. The average molecular weight is 441 g/mol. The van der Waals surface area contributed by atoms with Crippen LogP contribution in [0.1, 0.15) is 17.2 Å². The molecule has 0 unspecified atom stereocenters. The zero-order chi connectivity index (χ0) is 21.1. The van der Waals surface area contributed by atoms with Gasteiger partial charge in [-0.2, -0.15) is 0 Å². The monoisotopic (exact) mass is 440 g/mol. The molecule has 0 spiro atoms. The van der Waals surface area contributed by atoms with Gasteiger partial charge in [-0.1, -0.05) is 59.8 Å². The van der Waals surface area contributed by atoms with Crippen molar-refractivity contribution in [3.8, 4) is 5.69 Å². The summed E-state index contributed by atoms with van der Waals surface area (Å²) >= 11 is 7.78. The number of benzene rings is 2. The van der Waals surface area contributed by atoms with Crippen molar-refractivity contribution in [2.75, 3.05) is 0 Å². The smallest absolute Gasteiger partial charge is 0.343 e. The largest absolute Gasteiger partial charge is 0.358 e. The van der Waals surface area contributed by atoms with Gasteiger partial charge in [-0.3, -0.25) is 4.57 Å². The number of hydrogen-bond donors (Lipinski definition) is 0. The summed E-state index contributed by atoms with van der Waals surface area (Å²) in [7, 11) is 0. The average Bonchev–Trinajstić information content (AvgIpc) is 3.32. The van der Waals surface area contributed by atoms with E-state index in [4.69, 9.17) is 11.6 Å². The molecule has 4 rings (SSSR count). The zero-order valence-corrected chi connectivity index (χ0v) is 17.5. The van der Waals surface area contributed by atoms with Crippen molar-refractivity contribution in [2.45, 2.75) is 24.4 Å². The Morgan fingerprint density at radius 1 is 1.10 bits per heavy atom. The Morgan fingerprint density at radius 3 is 2.57 bits per heavy atom. The van der Waals surface area contributed by atoms with Gasteiger partial charge < -0.3 is 10.1 Å². The Morgan fingerprint density at radius 2 is 1.83 bits per heavy atom. The molecule has 0 saturated carbocycles. The van der Waals surface area contributed by atoms with E-state index in [9.17, 15) is 10.1 Å². The lowest BCUT2D eigenvalue weighted by molar-refractivity contribution is -0.392. The van der Waals surface area contributed by atoms with E-state index in [1.807, 2.05) is 59.2 Å². The molecule has 0 atom stereocenters. The summed E-state index contributed by atoms with van der Waals surface area (Å²) in [5, 5.41) is 21.4. The van der Waals surface area contributed by atoms with Crippen molar-refractivity contribution < 1.29 is 4.92 Å². The number of imidazole rings is 1. The van der Waals surface area contributed by atoms with Crippen LogP contribution in [0.4, 0.5) is 5.82 Å². The van der Waals surface area contributed by atoms with Crippen LogP contribution < -0.4 is 0 Å². The van der Waals surface area contributed by atoms with Gasteiger partial charge in [0.05, 0.1) is 0 Å². The van der Waals surface area contributed by atoms with E-state index in [0.717, 1.165) is 11.3 Å². The molecule has 0 aliphatic heterocycles. The summed E-state index contributed by atoms with van der Waals surface area (Å²) in [6.45, 7) is 1.90. The summed E-state index contributed by atoms with van der Waals surface area (Å²) in [6.07, 6.45) is 1.26. The molecule has 0 aliphatic rings. The number of nitro groups is 1. The number of aromatic nitrogens is 5. The minimum atomic E-state index is -0.448. The highest BCUT2D eigenvalue weighted by molar-refractivity contribution is 7.98. The normalized spacial score (nSPS) is 11.0. The third-order valence-corrected chi connectivity index (χ3v) is 5.90. The second kappa shape index (κ2) is 8.68. The van der Waals surface area contributed by atoms with Crippen molar-refractivity contribution in [3.05, 3.63) is 93.1 Å². The molecule has 4 aromatic rings. The predicted molar refractivity (Wildman–Crippen MR) is 115 cm³/mol. The SMILES string of the molecule is Cc1ncc([N+](=O)[O-])n1Cc1nnc(SCc2ccccc2Cl)n1-c1ccccc1. The van der Waals surface area contributed by atoms with Crippen LogP contribution in [-0.4, -0.2) is 29.2 Å². The molecule has 10 heteroatoms. The minimum Gasteiger partial charge on any atom is -0.358 e. The Bertz CT molecular complexity index is 1190. The lowest BCUT2D eigenvalue weighted by atomic mass is 10.2. The van der Waals surface area contributed by atoms with Crippen LogP contribution in [0, 0.1) is 17.0 Å². The van der Waals surface area contributed by atoms with E-state index in [1.54, 1.807) is 6.92 Å². The summed E-state index contributed by atoms with van der Waals surface area (Å²) in [4.78, 5) is 15.0. The van der Waals surface area contributed by atoms with Crippen molar-refractivity contribution >= 4 is 29.2 Å². The van der Waals surface area contributed by atoms with Crippen LogP contribution in [0.2, 0.25) is 5.02 Å². The fraction of sp³-hybridized carbons (Fsp3) is 0.150. The quantitative estimate of drug-likeness (QED) is 0.235. The van der Waals surface area contributed by atoms with Crippen LogP contribution in [-0.2, 0) is 12.3 Å². The Kier molecular flexibility index (Phi) is 5.82. The fourth-order valence-corrected chi connectivity index (χ4v) is 4.29. The first-order valence-electron chi connectivity index (χ1n) is 9.07. The summed E-state index contributed by atoms with van der Waals surface area (Å²) in [5.74, 6) is 1.65. The Labute approximate surface area is 181 Å². The number of nitrogens with zero attached hydrogens (tertiary/aromatic N) is 6. The van der Waals surface area contributed by atoms with Gasteiger partial charge in [0, 0.05) is 23.4 Å². The highest BCUT2D eigenvalue weighted by Crippen LogP contribution is 2.28. The zero-order valence-electron chi connectivity index (χ0n) is 16.0. The first-order valence-corrected chi connectivity index (χ1v) is 10.4. The highest BCUT2D eigenvalue weighted by atomic mass is 35.5. The van der Waals surface area contributed by atoms with E-state index >= 15 is 0 Å². The van der Waals surface area contributed by atoms with Gasteiger partial charge >= 0.3 is 5.82 Å². The molecule has 8 nitrogen and oxygen atoms in total. The molecular weight excluding hydrogens is 424 g/mol. The summed E-state index contributed by atoms with van der Waals surface area (Å²) in [5.41, 5.74) is 1.87. The van der Waals surface area contributed by atoms with Gasteiger partial charge in [0.15, 0.2) is 23.4 Å². The Hall–Kier alpha value is -3.17. The third kappa shape index (κ3) is 4.07. The van der Waals surface area contributed by atoms with Gasteiger partial charge in [0.25, 0.3) is 0 Å². The molecule has 0 aliphatic carbocycles. The standard InChI is InChI=1S/C20H17ClN6O2S/c1-14-22-11-19(27(28)29)25(14)12-18-23-24-20(26(18)16-8-3-2-4-9-16)30-13-15-7-5-6-10-17(15)21/h2-11H,12-13H2,1H3. The molecule has 152 valence electrons. The first kappa shape index (κ1) is 20.1. The molecule has 2 aromatic carbocycles. The van der Waals surface area contributed by atoms with E-state index in [-0.39, 0.29) is 12.4 Å². The molecule has 2 heterocycles. The molecule has 0 fully saturated rings. The number of halogens is 1. The molecule has 0 saturated heterocycles. The molecule has 2 aromatic heterocycles. The van der Waals surface area contributed by atoms with Crippen LogP contribution in [0.15, 0.2) is 66.0 Å². The molecule has 0 N–H and O–H groups in total. The fourth-order valence-electron chi connectivity index (χ4n) is 3.03. The third-order valence-electron chi connectivity index (χ3n) is 4.55. The number of hydrogen-bond acceptors (Lipinski definition) is 6. The van der Waals surface area contributed by atoms with Crippen molar-refractivity contribution in [1.29, 1.82) is 0 Å². The van der Waals surface area contributed by atoms with Crippen LogP contribution >= 0.6 is 23.4 Å². The Balaban J connectivity index is 1.71. The van der Waals surface area contributed by atoms with Crippen LogP contribution in [0.25, 0.3) is 5.69 Å². The van der Waals surface area contributed by atoms with Crippen LogP contribution in [0.5, 0.6) is 0 Å². The molecule has 30 heavy (non-hydrogen) atoms. The summed E-state index contributed by atoms with van der Waals surface area (Å²) < 4.78 is 3.43. The van der Waals surface area contributed by atoms with Gasteiger partial charge in [0.1, 0.15) is 6.20 Å². The second-order valence-electron chi connectivity index (χ2n) is 6.46. The summed E-state index contributed by atoms with van der Waals surface area (Å²) in [6, 6.07) is 17.3. The first-order chi connectivity index (χ1) is 14.5. The number of aryl methyl sites for hydroxylation is 1. The minimum absolute atomic E-state index is 0.0830. The second-order valence-corrected chi connectivity index (χ2v) is 7.81. The predicted octanol–water partition coefficient (Wildman–Crippen LogP) is 4.67. The van der Waals surface area contributed by atoms with E-state index < -0.39 is 4.92 Å². The molecule has 0 radical (unpaired) electrons. The van der Waals surface area contributed by atoms with Crippen molar-refractivity contribution in [1.82, 2.24) is 24.3 Å². The maximum atomic E-state index is 11.4. The lowest BCUT2D eigenvalue weighted by Gasteiger charge is -2.10. The van der Waals surface area contributed by atoms with E-state index in [0.29, 0.717) is 27.6 Å². The van der Waals surface area contributed by atoms with Gasteiger partial charge in [-0.15, -0.1) is 10.2 Å².